The molecule has 2 N–H and O–H groups in total. The molecule has 150 valence electrons. The molecular weight excluding hydrogens is 380 g/mol. The number of carbonyl (C=O) groups excluding carboxylic acids is 2. The number of fused-ring (bicyclic) bond motifs is 1. The topological polar surface area (TPSA) is 102 Å². The molecule has 0 saturated carbocycles. The van der Waals surface area contributed by atoms with E-state index in [1.54, 1.807) is 22.8 Å². The van der Waals surface area contributed by atoms with E-state index in [-0.39, 0.29) is 23.5 Å². The lowest BCUT2D eigenvalue weighted by molar-refractivity contribution is -0.117. The molecular formula is C19H24N4O4S. The van der Waals surface area contributed by atoms with E-state index in [0.29, 0.717) is 29.2 Å². The van der Waals surface area contributed by atoms with Gasteiger partial charge in [0.05, 0.1) is 29.3 Å². The number of rotatable bonds is 6. The first-order valence-electron chi connectivity index (χ1n) is 9.28. The van der Waals surface area contributed by atoms with Crippen molar-refractivity contribution in [2.75, 3.05) is 12.4 Å². The van der Waals surface area contributed by atoms with E-state index in [1.165, 1.54) is 0 Å². The van der Waals surface area contributed by atoms with Crippen molar-refractivity contribution >= 4 is 34.6 Å². The first kappa shape index (κ1) is 20.3. The number of carbonyl (C=O) groups is 2. The second-order valence-corrected chi connectivity index (χ2v) is 7.87. The van der Waals surface area contributed by atoms with Crippen LogP contribution in [0.15, 0.2) is 34.2 Å². The van der Waals surface area contributed by atoms with Crippen LogP contribution in [0.3, 0.4) is 0 Å². The van der Waals surface area contributed by atoms with Crippen molar-refractivity contribution in [3.8, 4) is 0 Å². The van der Waals surface area contributed by atoms with Gasteiger partial charge in [-0.2, -0.15) is 0 Å². The summed E-state index contributed by atoms with van der Waals surface area (Å²) >= 11 is 1.13. The lowest BCUT2D eigenvalue weighted by atomic mass is 10.2. The number of hydrogen-bond acceptors (Lipinski definition) is 6. The molecule has 1 aliphatic rings. The van der Waals surface area contributed by atoms with E-state index in [9.17, 15) is 14.4 Å². The van der Waals surface area contributed by atoms with E-state index in [1.807, 2.05) is 19.9 Å². The molecule has 1 atom stereocenters. The summed E-state index contributed by atoms with van der Waals surface area (Å²) in [6.07, 6.45) is 1.82. The summed E-state index contributed by atoms with van der Waals surface area (Å²) in [5, 5.41) is 5.85. The van der Waals surface area contributed by atoms with Crippen LogP contribution in [0.2, 0.25) is 0 Å². The van der Waals surface area contributed by atoms with E-state index < -0.39 is 11.9 Å². The molecule has 2 aromatic rings. The van der Waals surface area contributed by atoms with Gasteiger partial charge in [0.1, 0.15) is 0 Å². The highest BCUT2D eigenvalue weighted by molar-refractivity contribution is 7.99. The standard InChI is InChI=1S/C19H24N4O4S/c1-12(2)20-18(26)22-16(24)11-28-19-21-15-8-4-3-7-14(15)17(25)23(19)10-13-6-5-9-27-13/h3-4,7-8,12-13H,5-6,9-11H2,1-2H3,(H2,20,22,24,26). The zero-order valence-corrected chi connectivity index (χ0v) is 16.8. The van der Waals surface area contributed by atoms with Crippen LogP contribution < -0.4 is 16.2 Å². The Morgan fingerprint density at radius 2 is 2.14 bits per heavy atom. The molecule has 1 aliphatic heterocycles. The lowest BCUT2D eigenvalue weighted by Gasteiger charge is -2.16. The molecule has 28 heavy (non-hydrogen) atoms. The van der Waals surface area contributed by atoms with Gasteiger partial charge in [-0.05, 0) is 38.8 Å². The van der Waals surface area contributed by atoms with Gasteiger partial charge in [-0.25, -0.2) is 9.78 Å². The van der Waals surface area contributed by atoms with E-state index in [2.05, 4.69) is 15.6 Å². The number of aromatic nitrogens is 2. The molecule has 2 heterocycles. The van der Waals surface area contributed by atoms with Crippen molar-refractivity contribution in [1.82, 2.24) is 20.2 Å². The van der Waals surface area contributed by atoms with Crippen LogP contribution in [0, 0.1) is 0 Å². The average molecular weight is 404 g/mol. The summed E-state index contributed by atoms with van der Waals surface area (Å²) in [6, 6.07) is 6.52. The van der Waals surface area contributed by atoms with Crippen molar-refractivity contribution in [3.05, 3.63) is 34.6 Å². The number of urea groups is 1. The van der Waals surface area contributed by atoms with Crippen LogP contribution in [-0.2, 0) is 16.1 Å². The fraction of sp³-hybridized carbons (Fsp3) is 0.474. The lowest BCUT2D eigenvalue weighted by Crippen LogP contribution is -2.43. The molecule has 1 fully saturated rings. The van der Waals surface area contributed by atoms with Crippen LogP contribution in [0.5, 0.6) is 0 Å². The Kier molecular flexibility index (Phi) is 6.69. The average Bonchev–Trinajstić information content (AvgIpc) is 3.15. The second kappa shape index (κ2) is 9.20. The van der Waals surface area contributed by atoms with Crippen LogP contribution in [0.1, 0.15) is 26.7 Å². The third-order valence-electron chi connectivity index (χ3n) is 4.24. The van der Waals surface area contributed by atoms with Gasteiger partial charge < -0.3 is 10.1 Å². The monoisotopic (exact) mass is 404 g/mol. The number of thioether (sulfide) groups is 1. The number of hydrogen-bond donors (Lipinski definition) is 2. The number of para-hydroxylation sites is 1. The van der Waals surface area contributed by atoms with Gasteiger partial charge >= 0.3 is 6.03 Å². The van der Waals surface area contributed by atoms with Crippen LogP contribution in [-0.4, -0.2) is 46.0 Å². The first-order valence-corrected chi connectivity index (χ1v) is 10.3. The zero-order chi connectivity index (χ0) is 20.1. The van der Waals surface area contributed by atoms with Crippen molar-refractivity contribution in [2.45, 2.75) is 50.5 Å². The van der Waals surface area contributed by atoms with Crippen molar-refractivity contribution in [3.63, 3.8) is 0 Å². The highest BCUT2D eigenvalue weighted by atomic mass is 32.2. The summed E-state index contributed by atoms with van der Waals surface area (Å²) in [5.41, 5.74) is 0.429. The Morgan fingerprint density at radius 1 is 1.36 bits per heavy atom. The van der Waals surface area contributed by atoms with E-state index >= 15 is 0 Å². The van der Waals surface area contributed by atoms with Gasteiger partial charge in [0, 0.05) is 12.6 Å². The molecule has 9 heteroatoms. The SMILES string of the molecule is CC(C)NC(=O)NC(=O)CSc1nc2ccccc2c(=O)n1CC1CCCO1. The first-order chi connectivity index (χ1) is 13.4. The number of nitrogens with zero attached hydrogens (tertiary/aromatic N) is 2. The highest BCUT2D eigenvalue weighted by Crippen LogP contribution is 2.20. The Labute approximate surface area is 167 Å². The maximum Gasteiger partial charge on any atom is 0.321 e. The summed E-state index contributed by atoms with van der Waals surface area (Å²) < 4.78 is 7.24. The minimum Gasteiger partial charge on any atom is -0.376 e. The predicted molar refractivity (Wildman–Crippen MR) is 108 cm³/mol. The molecule has 1 aromatic carbocycles. The van der Waals surface area contributed by atoms with Crippen LogP contribution in [0.4, 0.5) is 4.79 Å². The van der Waals surface area contributed by atoms with Crippen LogP contribution in [0.25, 0.3) is 10.9 Å². The van der Waals surface area contributed by atoms with Gasteiger partial charge in [0.15, 0.2) is 5.16 Å². The fourth-order valence-electron chi connectivity index (χ4n) is 3.00. The summed E-state index contributed by atoms with van der Waals surface area (Å²) in [4.78, 5) is 41.3. The molecule has 3 rings (SSSR count). The Hall–Kier alpha value is -2.39. The summed E-state index contributed by atoms with van der Waals surface area (Å²) in [6.45, 7) is 4.70. The summed E-state index contributed by atoms with van der Waals surface area (Å²) in [7, 11) is 0. The molecule has 0 bridgehead atoms. The van der Waals surface area contributed by atoms with Crippen molar-refractivity contribution < 1.29 is 14.3 Å². The number of ether oxygens (including phenoxy) is 1. The third-order valence-corrected chi connectivity index (χ3v) is 5.22. The van der Waals surface area contributed by atoms with Crippen molar-refractivity contribution in [1.29, 1.82) is 0 Å². The molecule has 0 aliphatic carbocycles. The van der Waals surface area contributed by atoms with Gasteiger partial charge in [-0.1, -0.05) is 23.9 Å². The number of amides is 3. The molecule has 8 nitrogen and oxygen atoms in total. The fourth-order valence-corrected chi connectivity index (χ4v) is 3.81. The van der Waals surface area contributed by atoms with Gasteiger partial charge in [-0.15, -0.1) is 0 Å². The van der Waals surface area contributed by atoms with Crippen LogP contribution >= 0.6 is 11.8 Å². The normalized spacial score (nSPS) is 16.5. The molecule has 0 spiro atoms. The molecule has 1 unspecified atom stereocenters. The van der Waals surface area contributed by atoms with Crippen molar-refractivity contribution in [2.24, 2.45) is 0 Å². The quantitative estimate of drug-likeness (QED) is 0.563. The molecule has 3 amide bonds. The van der Waals surface area contributed by atoms with E-state index in [0.717, 1.165) is 24.6 Å². The highest BCUT2D eigenvalue weighted by Gasteiger charge is 2.21. The number of benzene rings is 1. The maximum atomic E-state index is 13.0. The van der Waals surface area contributed by atoms with Gasteiger partial charge in [0.25, 0.3) is 5.56 Å². The van der Waals surface area contributed by atoms with Gasteiger partial charge in [0.2, 0.25) is 5.91 Å². The molecule has 0 radical (unpaired) electrons. The molecule has 1 saturated heterocycles. The smallest absolute Gasteiger partial charge is 0.321 e. The maximum absolute atomic E-state index is 13.0. The predicted octanol–water partition coefficient (Wildman–Crippen LogP) is 1.90. The Bertz CT molecular complexity index is 922. The second-order valence-electron chi connectivity index (χ2n) is 6.93. The zero-order valence-electron chi connectivity index (χ0n) is 15.9. The van der Waals surface area contributed by atoms with Gasteiger partial charge in [-0.3, -0.25) is 19.5 Å². The minimum absolute atomic E-state index is 0.0260. The number of nitrogens with one attached hydrogen (secondary N) is 2. The Balaban J connectivity index is 1.79. The Morgan fingerprint density at radius 3 is 2.86 bits per heavy atom. The molecule has 1 aromatic heterocycles. The minimum atomic E-state index is -0.538. The largest absolute Gasteiger partial charge is 0.376 e. The number of imide groups is 1. The van der Waals surface area contributed by atoms with E-state index in [4.69, 9.17) is 4.74 Å². The third kappa shape index (κ3) is 5.11. The summed E-state index contributed by atoms with van der Waals surface area (Å²) in [5.74, 6) is -0.476.